The molecule has 0 bridgehead atoms. The molecule has 1 aromatic rings. The molecule has 3 atom stereocenters. The minimum absolute atomic E-state index is 0.0914. The first-order chi connectivity index (χ1) is 12.0. The van der Waals surface area contributed by atoms with Gasteiger partial charge in [0, 0.05) is 11.8 Å². The van der Waals surface area contributed by atoms with Crippen molar-refractivity contribution in [1.82, 2.24) is 9.55 Å². The van der Waals surface area contributed by atoms with Crippen molar-refractivity contribution in [2.75, 3.05) is 6.61 Å². The number of aromatic nitrogens is 2. The Bertz CT molecular complexity index is 760. The van der Waals surface area contributed by atoms with Gasteiger partial charge < -0.3 is 9.16 Å². The van der Waals surface area contributed by atoms with E-state index in [4.69, 9.17) is 9.16 Å². The third-order valence-corrected chi connectivity index (χ3v) is 10.2. The summed E-state index contributed by atoms with van der Waals surface area (Å²) in [5.74, 6) is 0.237. The van der Waals surface area contributed by atoms with Gasteiger partial charge in [0.05, 0.1) is 12.7 Å². The smallest absolute Gasteiger partial charge is 0.330 e. The lowest BCUT2D eigenvalue weighted by Crippen LogP contribution is -2.43. The number of hydrogen-bond donors (Lipinski definition) is 1. The van der Waals surface area contributed by atoms with Gasteiger partial charge in [-0.1, -0.05) is 26.8 Å². The monoisotopic (exact) mass is 380 g/mol. The van der Waals surface area contributed by atoms with Crippen LogP contribution >= 0.6 is 0 Å². The maximum Gasteiger partial charge on any atom is 0.330 e. The lowest BCUT2D eigenvalue weighted by molar-refractivity contribution is -0.0298. The summed E-state index contributed by atoms with van der Waals surface area (Å²) in [4.78, 5) is 26.1. The molecule has 7 heteroatoms. The van der Waals surface area contributed by atoms with Crippen LogP contribution in [0.15, 0.2) is 28.4 Å². The lowest BCUT2D eigenvalue weighted by Gasteiger charge is -2.37. The molecular weight excluding hydrogens is 348 g/mol. The van der Waals surface area contributed by atoms with Gasteiger partial charge in [0.25, 0.3) is 5.56 Å². The van der Waals surface area contributed by atoms with E-state index < -0.39 is 20.2 Å². The topological polar surface area (TPSA) is 73.3 Å². The van der Waals surface area contributed by atoms with Crippen LogP contribution in [0.5, 0.6) is 0 Å². The normalized spacial score (nSPS) is 24.0. The van der Waals surface area contributed by atoms with E-state index >= 15 is 0 Å². The summed E-state index contributed by atoms with van der Waals surface area (Å²) in [5.41, 5.74) is -0.298. The lowest BCUT2D eigenvalue weighted by atomic mass is 9.97. The average Bonchev–Trinajstić information content (AvgIpc) is 2.91. The molecule has 0 saturated carbocycles. The SMILES string of the molecule is C=CC[C@H]1C[C@H](n2cc(C)c(=O)[nH]c2=O)O[C@@H]1CO[Si](C)(C)C(C)(C)C. The molecule has 1 fully saturated rings. The number of ether oxygens (including phenoxy) is 1. The quantitative estimate of drug-likeness (QED) is 0.607. The molecule has 1 aliphatic heterocycles. The summed E-state index contributed by atoms with van der Waals surface area (Å²) in [6.45, 7) is 17.1. The van der Waals surface area contributed by atoms with Crippen molar-refractivity contribution in [3.05, 3.63) is 45.3 Å². The molecule has 1 aromatic heterocycles. The van der Waals surface area contributed by atoms with Crippen LogP contribution in [0.4, 0.5) is 0 Å². The molecule has 0 amide bonds. The van der Waals surface area contributed by atoms with Crippen LogP contribution in [0.25, 0.3) is 0 Å². The zero-order valence-corrected chi connectivity index (χ0v) is 17.8. The van der Waals surface area contributed by atoms with Crippen LogP contribution in [0, 0.1) is 12.8 Å². The first kappa shape index (κ1) is 20.9. The van der Waals surface area contributed by atoms with Gasteiger partial charge in [-0.15, -0.1) is 6.58 Å². The van der Waals surface area contributed by atoms with Crippen LogP contribution in [-0.4, -0.2) is 30.6 Å². The second-order valence-corrected chi connectivity index (χ2v) is 13.5. The van der Waals surface area contributed by atoms with Crippen molar-refractivity contribution in [1.29, 1.82) is 0 Å². The molecule has 0 aliphatic carbocycles. The Morgan fingerprint density at radius 2 is 2.08 bits per heavy atom. The summed E-state index contributed by atoms with van der Waals surface area (Å²) in [7, 11) is -1.88. The van der Waals surface area contributed by atoms with Crippen molar-refractivity contribution in [3.63, 3.8) is 0 Å². The van der Waals surface area contributed by atoms with Crippen molar-refractivity contribution in [2.45, 2.75) is 71.0 Å². The molecule has 2 heterocycles. The molecule has 0 aromatic carbocycles. The molecule has 146 valence electrons. The summed E-state index contributed by atoms with van der Waals surface area (Å²) in [5, 5.41) is 0.131. The fourth-order valence-electron chi connectivity index (χ4n) is 2.90. The number of nitrogens with one attached hydrogen (secondary N) is 1. The summed E-state index contributed by atoms with van der Waals surface area (Å²) < 4.78 is 14.0. The second-order valence-electron chi connectivity index (χ2n) is 8.70. The number of allylic oxidation sites excluding steroid dienone is 1. The molecule has 26 heavy (non-hydrogen) atoms. The van der Waals surface area contributed by atoms with Crippen molar-refractivity contribution in [2.24, 2.45) is 5.92 Å². The highest BCUT2D eigenvalue weighted by Gasteiger charge is 2.41. The highest BCUT2D eigenvalue weighted by molar-refractivity contribution is 6.74. The predicted molar refractivity (Wildman–Crippen MR) is 106 cm³/mol. The van der Waals surface area contributed by atoms with Crippen molar-refractivity contribution >= 4 is 8.32 Å². The zero-order chi connectivity index (χ0) is 19.7. The first-order valence-corrected chi connectivity index (χ1v) is 12.1. The second kappa shape index (κ2) is 7.66. The Balaban J connectivity index is 2.18. The molecule has 0 unspecified atom stereocenters. The van der Waals surface area contributed by atoms with Crippen LogP contribution in [0.1, 0.15) is 45.4 Å². The standard InChI is InChI=1S/C19H32N2O4Si/c1-8-9-14-10-16(21-11-13(2)17(22)20-18(21)23)25-15(14)12-24-26(6,7)19(3,4)5/h8,11,14-16H,1,9-10,12H2,2-7H3,(H,20,22,23)/t14-,15+,16+/m0/s1. The number of rotatable bonds is 6. The van der Waals surface area contributed by atoms with E-state index in [0.717, 1.165) is 6.42 Å². The number of hydrogen-bond acceptors (Lipinski definition) is 4. The van der Waals surface area contributed by atoms with Gasteiger partial charge in [-0.25, -0.2) is 4.79 Å². The molecule has 2 rings (SSSR count). The Kier molecular flexibility index (Phi) is 6.15. The molecule has 6 nitrogen and oxygen atoms in total. The third kappa shape index (κ3) is 4.45. The van der Waals surface area contributed by atoms with Gasteiger partial charge in [0.1, 0.15) is 6.23 Å². The van der Waals surface area contributed by atoms with Gasteiger partial charge >= 0.3 is 5.69 Å². The van der Waals surface area contributed by atoms with Crippen LogP contribution in [0.2, 0.25) is 18.1 Å². The molecular formula is C19H32N2O4Si. The third-order valence-electron chi connectivity index (χ3n) is 5.70. The van der Waals surface area contributed by atoms with Crippen LogP contribution < -0.4 is 11.2 Å². The zero-order valence-electron chi connectivity index (χ0n) is 16.8. The number of aromatic amines is 1. The van der Waals surface area contributed by atoms with Crippen molar-refractivity contribution in [3.8, 4) is 0 Å². The number of H-pyrrole nitrogens is 1. The molecule has 1 aliphatic rings. The predicted octanol–water partition coefficient (Wildman–Crippen LogP) is 3.35. The fourth-order valence-corrected chi connectivity index (χ4v) is 3.92. The van der Waals surface area contributed by atoms with Crippen molar-refractivity contribution < 1.29 is 9.16 Å². The van der Waals surface area contributed by atoms with E-state index in [-0.39, 0.29) is 22.6 Å². The number of nitrogens with zero attached hydrogens (tertiary/aromatic N) is 1. The molecule has 0 radical (unpaired) electrons. The Labute approximate surface area is 156 Å². The van der Waals surface area contributed by atoms with Crippen LogP contribution in [0.3, 0.4) is 0 Å². The van der Waals surface area contributed by atoms with Gasteiger partial charge in [0.15, 0.2) is 8.32 Å². The average molecular weight is 381 g/mol. The largest absolute Gasteiger partial charge is 0.414 e. The van der Waals surface area contributed by atoms with E-state index in [0.29, 0.717) is 18.6 Å². The van der Waals surface area contributed by atoms with Gasteiger partial charge in [-0.05, 0) is 43.8 Å². The minimum Gasteiger partial charge on any atom is -0.414 e. The maximum absolute atomic E-state index is 12.2. The van der Waals surface area contributed by atoms with Crippen LogP contribution in [-0.2, 0) is 9.16 Å². The van der Waals surface area contributed by atoms with E-state index in [1.54, 1.807) is 13.1 Å². The Morgan fingerprint density at radius 1 is 1.42 bits per heavy atom. The number of aryl methyl sites for hydroxylation is 1. The molecule has 0 spiro atoms. The van der Waals surface area contributed by atoms with Gasteiger partial charge in [-0.3, -0.25) is 14.3 Å². The Morgan fingerprint density at radius 3 is 2.65 bits per heavy atom. The summed E-state index contributed by atoms with van der Waals surface area (Å²) in [6, 6.07) is 0. The minimum atomic E-state index is -1.88. The fraction of sp³-hybridized carbons (Fsp3) is 0.684. The first-order valence-electron chi connectivity index (χ1n) is 9.18. The van der Waals surface area contributed by atoms with Gasteiger partial charge in [-0.2, -0.15) is 0 Å². The molecule has 1 saturated heterocycles. The Hall–Kier alpha value is -1.44. The summed E-state index contributed by atoms with van der Waals surface area (Å²) in [6.07, 6.45) is 4.48. The maximum atomic E-state index is 12.2. The van der Waals surface area contributed by atoms with E-state index in [9.17, 15) is 9.59 Å². The highest BCUT2D eigenvalue weighted by atomic mass is 28.4. The summed E-state index contributed by atoms with van der Waals surface area (Å²) >= 11 is 0. The molecule has 1 N–H and O–H groups in total. The van der Waals surface area contributed by atoms with E-state index in [2.05, 4.69) is 45.4 Å². The van der Waals surface area contributed by atoms with Gasteiger partial charge in [0.2, 0.25) is 0 Å². The van der Waals surface area contributed by atoms with E-state index in [1.165, 1.54) is 4.57 Å². The highest BCUT2D eigenvalue weighted by Crippen LogP contribution is 2.39. The van der Waals surface area contributed by atoms with E-state index in [1.807, 2.05) is 6.08 Å².